The Morgan fingerprint density at radius 1 is 1.43 bits per heavy atom. The predicted molar refractivity (Wildman–Crippen MR) is 83.4 cm³/mol. The maximum Gasteiger partial charge on any atom is 0.271 e. The van der Waals surface area contributed by atoms with Crippen molar-refractivity contribution in [3.05, 3.63) is 18.1 Å². The Morgan fingerprint density at radius 2 is 2.29 bits per heavy atom. The third kappa shape index (κ3) is 4.39. The highest BCUT2D eigenvalue weighted by molar-refractivity contribution is 5.92. The summed E-state index contributed by atoms with van der Waals surface area (Å²) < 4.78 is 0. The van der Waals surface area contributed by atoms with Crippen molar-refractivity contribution in [2.45, 2.75) is 39.2 Å². The maximum atomic E-state index is 12.2. The first-order valence-electron chi connectivity index (χ1n) is 7.82. The van der Waals surface area contributed by atoms with Gasteiger partial charge in [0.1, 0.15) is 11.5 Å². The van der Waals surface area contributed by atoms with Crippen LogP contribution in [0.1, 0.15) is 43.6 Å². The number of hydrogen-bond acceptors (Lipinski definition) is 5. The van der Waals surface area contributed by atoms with Gasteiger partial charge in [-0.1, -0.05) is 13.8 Å². The normalized spacial score (nSPS) is 18.7. The molecule has 1 unspecified atom stereocenters. The van der Waals surface area contributed by atoms with E-state index in [1.165, 1.54) is 12.6 Å². The lowest BCUT2D eigenvalue weighted by atomic mass is 10.2. The first kappa shape index (κ1) is 15.7. The van der Waals surface area contributed by atoms with Gasteiger partial charge in [0, 0.05) is 19.1 Å². The smallest absolute Gasteiger partial charge is 0.271 e. The fourth-order valence-electron chi connectivity index (χ4n) is 2.66. The average molecular weight is 291 g/mol. The Kier molecular flexibility index (Phi) is 5.92. The van der Waals surface area contributed by atoms with Crippen LogP contribution in [0.4, 0.5) is 5.82 Å². The number of nitrogens with zero attached hydrogens (tertiary/aromatic N) is 3. The van der Waals surface area contributed by atoms with Crippen LogP contribution >= 0.6 is 0 Å². The molecule has 0 aromatic carbocycles. The first-order valence-corrected chi connectivity index (χ1v) is 7.82. The van der Waals surface area contributed by atoms with Crippen molar-refractivity contribution >= 4 is 11.7 Å². The lowest BCUT2D eigenvalue weighted by Gasteiger charge is -2.22. The van der Waals surface area contributed by atoms with Gasteiger partial charge in [-0.05, 0) is 32.4 Å². The molecule has 0 aliphatic carbocycles. The Balaban J connectivity index is 1.88. The number of carbonyl (C=O) groups excluding carboxylic acids is 1. The lowest BCUT2D eigenvalue weighted by Crippen LogP contribution is -2.40. The molecule has 2 heterocycles. The zero-order valence-corrected chi connectivity index (χ0v) is 12.9. The monoisotopic (exact) mass is 291 g/mol. The van der Waals surface area contributed by atoms with Gasteiger partial charge in [0.25, 0.3) is 5.91 Å². The maximum absolute atomic E-state index is 12.2. The van der Waals surface area contributed by atoms with Crippen LogP contribution in [0, 0.1) is 0 Å². The predicted octanol–water partition coefficient (Wildman–Crippen LogP) is 1.51. The van der Waals surface area contributed by atoms with Crippen LogP contribution in [-0.2, 0) is 0 Å². The Morgan fingerprint density at radius 3 is 3.05 bits per heavy atom. The summed E-state index contributed by atoms with van der Waals surface area (Å²) in [6.07, 6.45) is 6.52. The van der Waals surface area contributed by atoms with Crippen LogP contribution in [0.15, 0.2) is 12.4 Å². The molecule has 2 N–H and O–H groups in total. The van der Waals surface area contributed by atoms with Gasteiger partial charge in [0.2, 0.25) is 0 Å². The van der Waals surface area contributed by atoms with E-state index in [9.17, 15) is 4.79 Å². The second-order valence-electron chi connectivity index (χ2n) is 5.35. The number of nitrogens with one attached hydrogen (secondary N) is 2. The van der Waals surface area contributed by atoms with Gasteiger partial charge in [0.15, 0.2) is 0 Å². The number of amides is 1. The largest absolute Gasteiger partial charge is 0.369 e. The molecule has 1 fully saturated rings. The molecule has 1 aliphatic heterocycles. The van der Waals surface area contributed by atoms with E-state index in [2.05, 4.69) is 39.3 Å². The summed E-state index contributed by atoms with van der Waals surface area (Å²) in [5.74, 6) is 0.506. The number of hydrogen-bond donors (Lipinski definition) is 2. The van der Waals surface area contributed by atoms with Crippen LogP contribution < -0.4 is 10.6 Å². The van der Waals surface area contributed by atoms with Crippen molar-refractivity contribution in [2.24, 2.45) is 0 Å². The fourth-order valence-corrected chi connectivity index (χ4v) is 2.66. The summed E-state index contributed by atoms with van der Waals surface area (Å²) in [7, 11) is 0. The van der Waals surface area contributed by atoms with Crippen molar-refractivity contribution in [1.29, 1.82) is 0 Å². The van der Waals surface area contributed by atoms with Crippen LogP contribution in [0.5, 0.6) is 0 Å². The molecule has 1 aliphatic rings. The minimum Gasteiger partial charge on any atom is -0.369 e. The number of rotatable bonds is 7. The highest BCUT2D eigenvalue weighted by Crippen LogP contribution is 2.15. The molecular formula is C15H25N5O. The number of anilines is 1. The molecule has 1 amide bonds. The van der Waals surface area contributed by atoms with Gasteiger partial charge in [0.05, 0.1) is 12.4 Å². The van der Waals surface area contributed by atoms with E-state index in [1.807, 2.05) is 0 Å². The van der Waals surface area contributed by atoms with E-state index >= 15 is 0 Å². The standard InChI is InChI=1S/C15H25N5O/c1-3-7-17-14-11-16-10-13(19-14)15(21)18-9-12-6-5-8-20(12)4-2/h10-12H,3-9H2,1-2H3,(H,17,19)(H,18,21). The highest BCUT2D eigenvalue weighted by atomic mass is 16.1. The SMILES string of the molecule is CCCNc1cncc(C(=O)NCC2CCCN2CC)n1. The van der Waals surface area contributed by atoms with E-state index in [-0.39, 0.29) is 5.91 Å². The summed E-state index contributed by atoms with van der Waals surface area (Å²) in [5.41, 5.74) is 0.372. The molecule has 1 aromatic heterocycles. The van der Waals surface area contributed by atoms with Gasteiger partial charge in [-0.25, -0.2) is 4.98 Å². The van der Waals surface area contributed by atoms with Crippen LogP contribution in [0.2, 0.25) is 0 Å². The summed E-state index contributed by atoms with van der Waals surface area (Å²) >= 11 is 0. The molecule has 0 radical (unpaired) electrons. The summed E-state index contributed by atoms with van der Waals surface area (Å²) in [6.45, 7) is 7.92. The number of carbonyl (C=O) groups is 1. The molecule has 116 valence electrons. The molecule has 0 saturated carbocycles. The molecule has 0 bridgehead atoms. The Labute approximate surface area is 126 Å². The number of likely N-dealkylation sites (tertiary alicyclic amines) is 1. The van der Waals surface area contributed by atoms with E-state index in [0.29, 0.717) is 24.1 Å². The van der Waals surface area contributed by atoms with Crippen LogP contribution in [0.25, 0.3) is 0 Å². The molecule has 21 heavy (non-hydrogen) atoms. The number of aromatic nitrogens is 2. The van der Waals surface area contributed by atoms with Crippen molar-refractivity contribution in [2.75, 3.05) is 31.5 Å². The van der Waals surface area contributed by atoms with E-state index in [0.717, 1.165) is 32.5 Å². The van der Waals surface area contributed by atoms with Crippen molar-refractivity contribution in [3.8, 4) is 0 Å². The third-order valence-corrected chi connectivity index (χ3v) is 3.83. The molecule has 2 rings (SSSR count). The van der Waals surface area contributed by atoms with Gasteiger partial charge < -0.3 is 10.6 Å². The van der Waals surface area contributed by atoms with E-state index in [1.54, 1.807) is 6.20 Å². The molecule has 0 spiro atoms. The molecule has 1 aromatic rings. The van der Waals surface area contributed by atoms with Crippen LogP contribution in [-0.4, -0.2) is 53.0 Å². The minimum absolute atomic E-state index is 0.148. The van der Waals surface area contributed by atoms with Crippen molar-refractivity contribution in [1.82, 2.24) is 20.2 Å². The second kappa shape index (κ2) is 7.93. The lowest BCUT2D eigenvalue weighted by molar-refractivity contribution is 0.0936. The Bertz CT molecular complexity index is 465. The molecule has 1 atom stereocenters. The molecule has 6 heteroatoms. The third-order valence-electron chi connectivity index (χ3n) is 3.83. The quantitative estimate of drug-likeness (QED) is 0.797. The van der Waals surface area contributed by atoms with E-state index in [4.69, 9.17) is 0 Å². The zero-order valence-electron chi connectivity index (χ0n) is 12.9. The minimum atomic E-state index is -0.148. The van der Waals surface area contributed by atoms with Crippen LogP contribution in [0.3, 0.4) is 0 Å². The molecular weight excluding hydrogens is 266 g/mol. The average Bonchev–Trinajstić information content (AvgIpc) is 2.98. The number of likely N-dealkylation sites (N-methyl/N-ethyl adjacent to an activating group) is 1. The van der Waals surface area contributed by atoms with Gasteiger partial charge in [-0.3, -0.25) is 14.7 Å². The Hall–Kier alpha value is -1.69. The molecule has 6 nitrogen and oxygen atoms in total. The van der Waals surface area contributed by atoms with Crippen molar-refractivity contribution in [3.63, 3.8) is 0 Å². The fraction of sp³-hybridized carbons (Fsp3) is 0.667. The second-order valence-corrected chi connectivity index (χ2v) is 5.35. The van der Waals surface area contributed by atoms with Gasteiger partial charge >= 0.3 is 0 Å². The highest BCUT2D eigenvalue weighted by Gasteiger charge is 2.23. The zero-order chi connectivity index (χ0) is 15.1. The van der Waals surface area contributed by atoms with Gasteiger partial charge in [-0.15, -0.1) is 0 Å². The summed E-state index contributed by atoms with van der Waals surface area (Å²) in [6, 6.07) is 0.452. The summed E-state index contributed by atoms with van der Waals surface area (Å²) in [5, 5.41) is 6.12. The van der Waals surface area contributed by atoms with Crippen molar-refractivity contribution < 1.29 is 4.79 Å². The first-order chi connectivity index (χ1) is 10.2. The topological polar surface area (TPSA) is 70.2 Å². The van der Waals surface area contributed by atoms with Gasteiger partial charge in [-0.2, -0.15) is 0 Å². The molecule has 1 saturated heterocycles. The summed E-state index contributed by atoms with van der Waals surface area (Å²) in [4.78, 5) is 22.9. The van der Waals surface area contributed by atoms with E-state index < -0.39 is 0 Å².